The van der Waals surface area contributed by atoms with Crippen molar-refractivity contribution in [1.82, 2.24) is 0 Å². The molecule has 0 rings (SSSR count). The van der Waals surface area contributed by atoms with Gasteiger partial charge in [-0.15, -0.1) is 0 Å². The van der Waals surface area contributed by atoms with Gasteiger partial charge in [-0.1, -0.05) is 20.3 Å². The molecule has 1 unspecified atom stereocenters. The first-order valence-corrected chi connectivity index (χ1v) is 11.6. The quantitative estimate of drug-likeness (QED) is 0.194. The van der Waals surface area contributed by atoms with Gasteiger partial charge in [0.15, 0.2) is 0 Å². The standard InChI is InChI=1S/C9H18O3.C8H16O3.C7H14O3/c1-3-5-6-11-7-8-12-9(10)4-2;1-7(9)11-6-5-8(2,3)10-4;1-4-9-6(2)5-10-7(3)8/h3-8H2,1-2H3;5-6H2,1-4H3;6H,4-5H2,1-3H3. The molecule has 0 aliphatic carbocycles. The average Bonchev–Trinajstić information content (AvgIpc) is 2.75. The summed E-state index contributed by atoms with van der Waals surface area (Å²) in [5.41, 5.74) is -0.199. The molecule has 0 amide bonds. The minimum absolute atomic E-state index is 0.00824. The first-order chi connectivity index (χ1) is 15.4. The molecule has 0 aliphatic rings. The lowest BCUT2D eigenvalue weighted by Crippen LogP contribution is -2.24. The van der Waals surface area contributed by atoms with Gasteiger partial charge in [-0.05, 0) is 34.1 Å². The van der Waals surface area contributed by atoms with Crippen molar-refractivity contribution < 1.29 is 42.8 Å². The van der Waals surface area contributed by atoms with Crippen molar-refractivity contribution >= 4 is 17.9 Å². The number of unbranched alkanes of at least 4 members (excludes halogenated alkanes) is 1. The Balaban J connectivity index is -0.000000411. The van der Waals surface area contributed by atoms with Crippen molar-refractivity contribution in [2.24, 2.45) is 0 Å². The summed E-state index contributed by atoms with van der Waals surface area (Å²) in [6.45, 7) is 17.5. The molecular weight excluding hydrogens is 432 g/mol. The maximum atomic E-state index is 10.6. The number of ether oxygens (including phenoxy) is 6. The van der Waals surface area contributed by atoms with E-state index in [0.717, 1.165) is 25.9 Å². The van der Waals surface area contributed by atoms with Crippen molar-refractivity contribution in [1.29, 1.82) is 0 Å². The molecule has 0 radical (unpaired) electrons. The zero-order chi connectivity index (χ0) is 26.1. The molecule has 9 nitrogen and oxygen atoms in total. The smallest absolute Gasteiger partial charge is 0.305 e. The molecule has 198 valence electrons. The molecule has 1 atom stereocenters. The summed E-state index contributed by atoms with van der Waals surface area (Å²) < 4.78 is 29.7. The molecule has 0 bridgehead atoms. The lowest BCUT2D eigenvalue weighted by molar-refractivity contribution is -0.145. The van der Waals surface area contributed by atoms with Crippen molar-refractivity contribution in [3.05, 3.63) is 0 Å². The largest absolute Gasteiger partial charge is 0.466 e. The van der Waals surface area contributed by atoms with Crippen LogP contribution in [0, 0.1) is 0 Å². The van der Waals surface area contributed by atoms with E-state index in [4.69, 9.17) is 28.4 Å². The Hall–Kier alpha value is -1.71. The van der Waals surface area contributed by atoms with Crippen molar-refractivity contribution in [3.63, 3.8) is 0 Å². The summed E-state index contributed by atoms with van der Waals surface area (Å²) in [6, 6.07) is 0. The van der Waals surface area contributed by atoms with Gasteiger partial charge in [-0.25, -0.2) is 0 Å². The lowest BCUT2D eigenvalue weighted by atomic mass is 10.1. The van der Waals surface area contributed by atoms with E-state index in [2.05, 4.69) is 6.92 Å². The van der Waals surface area contributed by atoms with Crippen molar-refractivity contribution in [3.8, 4) is 0 Å². The van der Waals surface area contributed by atoms with Crippen LogP contribution in [0.3, 0.4) is 0 Å². The molecular formula is C24H48O9. The maximum Gasteiger partial charge on any atom is 0.305 e. The third-order valence-electron chi connectivity index (χ3n) is 3.96. The van der Waals surface area contributed by atoms with Gasteiger partial charge >= 0.3 is 17.9 Å². The second-order valence-electron chi connectivity index (χ2n) is 7.66. The zero-order valence-corrected chi connectivity index (χ0v) is 22.3. The highest BCUT2D eigenvalue weighted by molar-refractivity contribution is 5.68. The normalized spacial score (nSPS) is 11.2. The molecule has 0 aromatic carbocycles. The number of hydrogen-bond donors (Lipinski definition) is 0. The Labute approximate surface area is 200 Å². The number of esters is 3. The van der Waals surface area contributed by atoms with Gasteiger partial charge in [0.05, 0.1) is 24.9 Å². The molecule has 0 saturated carbocycles. The molecule has 0 aliphatic heterocycles. The number of carbonyl (C=O) groups is 3. The van der Waals surface area contributed by atoms with Gasteiger partial charge < -0.3 is 28.4 Å². The number of hydrogen-bond acceptors (Lipinski definition) is 9. The van der Waals surface area contributed by atoms with Gasteiger partial charge in [0, 0.05) is 47.0 Å². The van der Waals surface area contributed by atoms with Crippen LogP contribution in [-0.2, 0) is 42.8 Å². The Kier molecular flexibility index (Phi) is 27.1. The van der Waals surface area contributed by atoms with Crippen LogP contribution < -0.4 is 0 Å². The first kappa shape index (κ1) is 35.9. The zero-order valence-electron chi connectivity index (χ0n) is 22.3. The topological polar surface area (TPSA) is 107 Å². The second-order valence-corrected chi connectivity index (χ2v) is 7.66. The molecule has 0 fully saturated rings. The Bertz CT molecular complexity index is 479. The highest BCUT2D eigenvalue weighted by Crippen LogP contribution is 2.12. The van der Waals surface area contributed by atoms with Gasteiger partial charge in [0.2, 0.25) is 0 Å². The van der Waals surface area contributed by atoms with E-state index in [0.29, 0.717) is 39.5 Å². The summed E-state index contributed by atoms with van der Waals surface area (Å²) >= 11 is 0. The van der Waals surface area contributed by atoms with Crippen LogP contribution in [0.25, 0.3) is 0 Å². The molecule has 9 heteroatoms. The SMILES string of the molecule is CCCCOCCOC(=O)CC.CCOC(C)COC(C)=O.COC(C)(C)CCOC(C)=O. The lowest BCUT2D eigenvalue weighted by Gasteiger charge is -2.21. The van der Waals surface area contributed by atoms with Gasteiger partial charge in [0.25, 0.3) is 0 Å². The minimum Gasteiger partial charge on any atom is -0.466 e. The maximum absolute atomic E-state index is 10.6. The molecule has 0 aromatic rings. The van der Waals surface area contributed by atoms with Gasteiger partial charge in [-0.2, -0.15) is 0 Å². The predicted molar refractivity (Wildman–Crippen MR) is 127 cm³/mol. The van der Waals surface area contributed by atoms with E-state index in [-0.39, 0.29) is 29.6 Å². The van der Waals surface area contributed by atoms with E-state index >= 15 is 0 Å². The monoisotopic (exact) mass is 480 g/mol. The van der Waals surface area contributed by atoms with Gasteiger partial charge in [0.1, 0.15) is 13.2 Å². The molecule has 0 spiro atoms. The van der Waals surface area contributed by atoms with Gasteiger partial charge in [-0.3, -0.25) is 14.4 Å². The highest BCUT2D eigenvalue weighted by atomic mass is 16.6. The fourth-order valence-corrected chi connectivity index (χ4v) is 1.77. The van der Waals surface area contributed by atoms with Crippen LogP contribution in [0.2, 0.25) is 0 Å². The van der Waals surface area contributed by atoms with Crippen LogP contribution in [0.5, 0.6) is 0 Å². The highest BCUT2D eigenvalue weighted by Gasteiger charge is 2.15. The first-order valence-electron chi connectivity index (χ1n) is 11.6. The predicted octanol–water partition coefficient (Wildman–Crippen LogP) is 4.10. The van der Waals surface area contributed by atoms with E-state index in [9.17, 15) is 14.4 Å². The van der Waals surface area contributed by atoms with Crippen LogP contribution in [0.4, 0.5) is 0 Å². The fraction of sp³-hybridized carbons (Fsp3) is 0.875. The fourth-order valence-electron chi connectivity index (χ4n) is 1.77. The third-order valence-corrected chi connectivity index (χ3v) is 3.96. The summed E-state index contributed by atoms with van der Waals surface area (Å²) in [5, 5.41) is 0. The number of methoxy groups -OCH3 is 1. The molecule has 33 heavy (non-hydrogen) atoms. The van der Waals surface area contributed by atoms with Crippen LogP contribution >= 0.6 is 0 Å². The molecule has 0 N–H and O–H groups in total. The van der Waals surface area contributed by atoms with E-state index in [1.165, 1.54) is 13.8 Å². The third kappa shape index (κ3) is 35.1. The Morgan fingerprint density at radius 2 is 1.45 bits per heavy atom. The summed E-state index contributed by atoms with van der Waals surface area (Å²) in [7, 11) is 1.65. The summed E-state index contributed by atoms with van der Waals surface area (Å²) in [5.74, 6) is -0.655. The van der Waals surface area contributed by atoms with Crippen molar-refractivity contribution in [2.75, 3.05) is 46.8 Å². The van der Waals surface area contributed by atoms with Crippen LogP contribution in [-0.4, -0.2) is 76.4 Å². The molecule has 0 aromatic heterocycles. The average molecular weight is 481 g/mol. The number of carbonyl (C=O) groups excluding carboxylic acids is 3. The molecule has 0 heterocycles. The van der Waals surface area contributed by atoms with Crippen LogP contribution in [0.1, 0.15) is 81.1 Å². The van der Waals surface area contributed by atoms with E-state index in [1.807, 2.05) is 27.7 Å². The van der Waals surface area contributed by atoms with E-state index in [1.54, 1.807) is 14.0 Å². The molecule has 0 saturated heterocycles. The Morgan fingerprint density at radius 1 is 0.848 bits per heavy atom. The van der Waals surface area contributed by atoms with Crippen molar-refractivity contribution in [2.45, 2.75) is 92.8 Å². The second kappa shape index (κ2) is 24.9. The summed E-state index contributed by atoms with van der Waals surface area (Å²) in [4.78, 5) is 31.3. The minimum atomic E-state index is -0.258. The Morgan fingerprint density at radius 3 is 1.91 bits per heavy atom. The summed E-state index contributed by atoms with van der Waals surface area (Å²) in [6.07, 6.45) is 3.38. The van der Waals surface area contributed by atoms with E-state index < -0.39 is 0 Å². The van der Waals surface area contributed by atoms with Crippen LogP contribution in [0.15, 0.2) is 0 Å². The number of rotatable bonds is 15.